The summed E-state index contributed by atoms with van der Waals surface area (Å²) in [6, 6.07) is 0.770. The highest BCUT2D eigenvalue weighted by molar-refractivity contribution is 14.0. The first-order chi connectivity index (χ1) is 13.6. The molecule has 0 aromatic heterocycles. The molecule has 6 nitrogen and oxygen atoms in total. The summed E-state index contributed by atoms with van der Waals surface area (Å²) in [7, 11) is 0. The van der Waals surface area contributed by atoms with E-state index in [-0.39, 0.29) is 30.1 Å². The number of rotatable bonds is 10. The van der Waals surface area contributed by atoms with E-state index in [2.05, 4.69) is 48.1 Å². The van der Waals surface area contributed by atoms with Gasteiger partial charge in [-0.1, -0.05) is 20.3 Å². The summed E-state index contributed by atoms with van der Waals surface area (Å²) in [5.41, 5.74) is 0. The first kappa shape index (κ1) is 26.9. The van der Waals surface area contributed by atoms with Crippen LogP contribution in [0.2, 0.25) is 0 Å². The molecule has 2 rings (SSSR count). The Bertz CT molecular complexity index is 449. The van der Waals surface area contributed by atoms with Crippen molar-refractivity contribution in [3.8, 4) is 0 Å². The largest absolute Gasteiger partial charge is 0.374 e. The molecule has 7 heteroatoms. The minimum absolute atomic E-state index is 0. The van der Waals surface area contributed by atoms with Gasteiger partial charge in [-0.3, -0.25) is 9.89 Å². The summed E-state index contributed by atoms with van der Waals surface area (Å²) >= 11 is 0. The van der Waals surface area contributed by atoms with E-state index in [0.717, 1.165) is 57.9 Å². The van der Waals surface area contributed by atoms with Crippen LogP contribution in [0.15, 0.2) is 4.99 Å². The summed E-state index contributed by atoms with van der Waals surface area (Å²) in [6.45, 7) is 18.2. The van der Waals surface area contributed by atoms with Gasteiger partial charge >= 0.3 is 0 Å². The highest BCUT2D eigenvalue weighted by atomic mass is 127. The molecule has 0 aromatic rings. The molecule has 0 saturated carbocycles. The van der Waals surface area contributed by atoms with Gasteiger partial charge in [-0.2, -0.15) is 0 Å². The molecule has 0 radical (unpaired) electrons. The van der Waals surface area contributed by atoms with Crippen LogP contribution in [-0.2, 0) is 4.74 Å². The third kappa shape index (κ3) is 11.2. The predicted octanol–water partition coefficient (Wildman–Crippen LogP) is 3.17. The monoisotopic (exact) mass is 523 g/mol. The maximum Gasteiger partial charge on any atom is 0.191 e. The number of hydrogen-bond acceptors (Lipinski definition) is 4. The molecule has 2 heterocycles. The Kier molecular flexibility index (Phi) is 14.5. The van der Waals surface area contributed by atoms with Crippen LogP contribution in [-0.4, -0.2) is 86.9 Å². The minimum Gasteiger partial charge on any atom is -0.374 e. The van der Waals surface area contributed by atoms with Crippen LogP contribution in [0.1, 0.15) is 59.8 Å². The van der Waals surface area contributed by atoms with Crippen LogP contribution in [0.25, 0.3) is 0 Å². The number of morpholine rings is 1. The van der Waals surface area contributed by atoms with E-state index in [0.29, 0.717) is 5.92 Å². The Balaban J connectivity index is 0.00000420. The van der Waals surface area contributed by atoms with Crippen molar-refractivity contribution in [1.29, 1.82) is 0 Å². The Morgan fingerprint density at radius 2 is 2.00 bits per heavy atom. The van der Waals surface area contributed by atoms with Gasteiger partial charge in [0, 0.05) is 38.8 Å². The lowest BCUT2D eigenvalue weighted by molar-refractivity contribution is -0.0261. The predicted molar refractivity (Wildman–Crippen MR) is 135 cm³/mol. The number of likely N-dealkylation sites (tertiary alicyclic amines) is 1. The Labute approximate surface area is 196 Å². The van der Waals surface area contributed by atoms with E-state index in [1.165, 1.54) is 45.2 Å². The fraction of sp³-hybridized carbons (Fsp3) is 0.955. The Morgan fingerprint density at radius 3 is 2.72 bits per heavy atom. The molecular formula is C22H46IN5O. The van der Waals surface area contributed by atoms with Gasteiger partial charge in [0.05, 0.1) is 19.3 Å². The average molecular weight is 524 g/mol. The summed E-state index contributed by atoms with van der Waals surface area (Å²) in [6.07, 6.45) is 6.80. The number of ether oxygens (including phenoxy) is 1. The van der Waals surface area contributed by atoms with E-state index in [1.807, 2.05) is 0 Å². The number of nitrogens with one attached hydrogen (secondary N) is 2. The molecule has 172 valence electrons. The van der Waals surface area contributed by atoms with E-state index >= 15 is 0 Å². The van der Waals surface area contributed by atoms with Gasteiger partial charge in [0.15, 0.2) is 5.96 Å². The smallest absolute Gasteiger partial charge is 0.191 e. The molecule has 0 aliphatic carbocycles. The van der Waals surface area contributed by atoms with Gasteiger partial charge in [0.1, 0.15) is 0 Å². The van der Waals surface area contributed by atoms with Gasteiger partial charge in [0.25, 0.3) is 0 Å². The van der Waals surface area contributed by atoms with Crippen LogP contribution in [0.4, 0.5) is 0 Å². The first-order valence-corrected chi connectivity index (χ1v) is 11.7. The van der Waals surface area contributed by atoms with Crippen molar-refractivity contribution in [3.05, 3.63) is 0 Å². The fourth-order valence-corrected chi connectivity index (χ4v) is 4.24. The zero-order chi connectivity index (χ0) is 20.2. The molecule has 0 amide bonds. The van der Waals surface area contributed by atoms with Crippen molar-refractivity contribution in [2.75, 3.05) is 59.0 Å². The average Bonchev–Trinajstić information content (AvgIpc) is 2.67. The number of nitrogens with zero attached hydrogens (tertiary/aromatic N) is 3. The number of guanidine groups is 1. The number of halogens is 1. The topological polar surface area (TPSA) is 52.1 Å². The van der Waals surface area contributed by atoms with Crippen molar-refractivity contribution >= 4 is 29.9 Å². The van der Waals surface area contributed by atoms with Crippen molar-refractivity contribution in [3.63, 3.8) is 0 Å². The lowest BCUT2D eigenvalue weighted by Crippen LogP contribution is -2.46. The van der Waals surface area contributed by atoms with Crippen LogP contribution in [0.5, 0.6) is 0 Å². The third-order valence-electron chi connectivity index (χ3n) is 5.75. The third-order valence-corrected chi connectivity index (χ3v) is 5.75. The second-order valence-corrected chi connectivity index (χ2v) is 8.88. The highest BCUT2D eigenvalue weighted by Gasteiger charge is 2.21. The van der Waals surface area contributed by atoms with E-state index in [4.69, 9.17) is 9.73 Å². The first-order valence-electron chi connectivity index (χ1n) is 11.7. The molecule has 0 bridgehead atoms. The highest BCUT2D eigenvalue weighted by Crippen LogP contribution is 2.16. The minimum atomic E-state index is 0. The lowest BCUT2D eigenvalue weighted by Gasteiger charge is -2.33. The van der Waals surface area contributed by atoms with Gasteiger partial charge in [-0.25, -0.2) is 0 Å². The number of hydrogen-bond donors (Lipinski definition) is 2. The van der Waals surface area contributed by atoms with Gasteiger partial charge in [-0.05, 0) is 58.5 Å². The molecule has 29 heavy (non-hydrogen) atoms. The Hall–Kier alpha value is -0.120. The molecule has 2 fully saturated rings. The SMILES string of the molecule is CCNC(=NCC1CN(CC(C)C)CCO1)NCCCCN1CCCCC1C.I. The van der Waals surface area contributed by atoms with E-state index in [9.17, 15) is 0 Å². The van der Waals surface area contributed by atoms with E-state index < -0.39 is 0 Å². The molecular weight excluding hydrogens is 477 g/mol. The molecule has 2 atom stereocenters. The van der Waals surface area contributed by atoms with Gasteiger partial charge in [0.2, 0.25) is 0 Å². The van der Waals surface area contributed by atoms with Gasteiger partial charge < -0.3 is 20.3 Å². The molecule has 2 aliphatic heterocycles. The number of aliphatic imine (C=N–C) groups is 1. The van der Waals surface area contributed by atoms with Crippen LogP contribution in [0, 0.1) is 5.92 Å². The summed E-state index contributed by atoms with van der Waals surface area (Å²) in [4.78, 5) is 9.95. The summed E-state index contributed by atoms with van der Waals surface area (Å²) in [5.74, 6) is 1.63. The quantitative estimate of drug-likeness (QED) is 0.200. The van der Waals surface area contributed by atoms with Crippen molar-refractivity contribution in [2.24, 2.45) is 10.9 Å². The normalized spacial score (nSPS) is 24.4. The zero-order valence-corrected chi connectivity index (χ0v) is 21.6. The summed E-state index contributed by atoms with van der Waals surface area (Å²) in [5, 5.41) is 6.88. The number of piperidine rings is 1. The van der Waals surface area contributed by atoms with E-state index in [1.54, 1.807) is 0 Å². The second-order valence-electron chi connectivity index (χ2n) is 8.88. The fourth-order valence-electron chi connectivity index (χ4n) is 4.24. The maximum atomic E-state index is 5.93. The number of unbranched alkanes of at least 4 members (excludes halogenated alkanes) is 1. The van der Waals surface area contributed by atoms with Crippen LogP contribution in [0.3, 0.4) is 0 Å². The molecule has 2 saturated heterocycles. The second kappa shape index (κ2) is 15.6. The standard InChI is InChI=1S/C22H45N5O.HI/c1-5-23-22(24-11-7-9-13-27-12-8-6-10-20(27)4)25-16-21-18-26(14-15-28-21)17-19(2)3;/h19-21H,5-18H2,1-4H3,(H2,23,24,25);1H. The molecule has 0 spiro atoms. The molecule has 0 aromatic carbocycles. The van der Waals surface area contributed by atoms with Crippen LogP contribution < -0.4 is 10.6 Å². The molecule has 2 unspecified atom stereocenters. The lowest BCUT2D eigenvalue weighted by atomic mass is 10.0. The maximum absolute atomic E-state index is 5.93. The molecule has 2 N–H and O–H groups in total. The van der Waals surface area contributed by atoms with Crippen molar-refractivity contribution < 1.29 is 4.74 Å². The Morgan fingerprint density at radius 1 is 1.17 bits per heavy atom. The van der Waals surface area contributed by atoms with Crippen LogP contribution >= 0.6 is 24.0 Å². The van der Waals surface area contributed by atoms with Crippen molar-refractivity contribution in [1.82, 2.24) is 20.4 Å². The van der Waals surface area contributed by atoms with Crippen molar-refractivity contribution in [2.45, 2.75) is 71.9 Å². The zero-order valence-electron chi connectivity index (χ0n) is 19.3. The van der Waals surface area contributed by atoms with Gasteiger partial charge in [-0.15, -0.1) is 24.0 Å². The molecule has 2 aliphatic rings. The summed E-state index contributed by atoms with van der Waals surface area (Å²) < 4.78 is 5.93.